The van der Waals surface area contributed by atoms with E-state index in [-0.39, 0.29) is 15.6 Å². The summed E-state index contributed by atoms with van der Waals surface area (Å²) in [6, 6.07) is 7.54. The molecule has 5 nitrogen and oxygen atoms in total. The lowest BCUT2D eigenvalue weighted by Crippen LogP contribution is -2.13. The third kappa shape index (κ3) is 3.33. The second-order valence-corrected chi connectivity index (χ2v) is 6.38. The van der Waals surface area contributed by atoms with E-state index in [0.29, 0.717) is 10.8 Å². The molecule has 2 aromatic rings. The molecule has 0 saturated heterocycles. The van der Waals surface area contributed by atoms with Gasteiger partial charge in [-0.3, -0.25) is 4.72 Å². The molecule has 1 heterocycles. The third-order valence-corrected chi connectivity index (χ3v) is 4.39. The molecule has 2 N–H and O–H groups in total. The molecule has 0 bridgehead atoms. The molecule has 0 atom stereocenters. The van der Waals surface area contributed by atoms with E-state index < -0.39 is 10.0 Å². The van der Waals surface area contributed by atoms with Gasteiger partial charge in [0.15, 0.2) is 0 Å². The van der Waals surface area contributed by atoms with Gasteiger partial charge in [0.2, 0.25) is 0 Å². The van der Waals surface area contributed by atoms with Crippen molar-refractivity contribution in [3.8, 4) is 0 Å². The van der Waals surface area contributed by atoms with Crippen LogP contribution in [-0.4, -0.2) is 20.4 Å². The summed E-state index contributed by atoms with van der Waals surface area (Å²) in [7, 11) is -2.07. The Morgan fingerprint density at radius 1 is 1.15 bits per heavy atom. The van der Waals surface area contributed by atoms with Crippen LogP contribution in [0.4, 0.5) is 11.5 Å². The molecule has 20 heavy (non-hydrogen) atoms. The minimum absolute atomic E-state index is 0.0348. The normalized spacial score (nSPS) is 11.2. The molecule has 0 aliphatic rings. The largest absolute Gasteiger partial charge is 0.373 e. The number of sulfonamides is 1. The number of aromatic nitrogens is 1. The summed E-state index contributed by atoms with van der Waals surface area (Å²) in [6.45, 7) is 0. The molecule has 0 unspecified atom stereocenters. The van der Waals surface area contributed by atoms with Gasteiger partial charge in [0.1, 0.15) is 10.7 Å². The van der Waals surface area contributed by atoms with Gasteiger partial charge < -0.3 is 5.32 Å². The molecule has 0 saturated carbocycles. The van der Waals surface area contributed by atoms with Crippen molar-refractivity contribution in [1.29, 1.82) is 0 Å². The number of hydrogen-bond acceptors (Lipinski definition) is 4. The Labute approximate surface area is 127 Å². The molecular weight excluding hydrogens is 321 g/mol. The van der Waals surface area contributed by atoms with E-state index in [4.69, 9.17) is 23.2 Å². The van der Waals surface area contributed by atoms with Gasteiger partial charge in [0.25, 0.3) is 10.0 Å². The van der Waals surface area contributed by atoms with Gasteiger partial charge in [-0.1, -0.05) is 23.2 Å². The van der Waals surface area contributed by atoms with Gasteiger partial charge in [-0.15, -0.1) is 0 Å². The molecular formula is C12H11Cl2N3O2S. The number of pyridine rings is 1. The van der Waals surface area contributed by atoms with Crippen LogP contribution < -0.4 is 10.0 Å². The van der Waals surface area contributed by atoms with E-state index in [1.54, 1.807) is 19.2 Å². The summed E-state index contributed by atoms with van der Waals surface area (Å²) in [5.74, 6) is 0.574. The number of halogens is 2. The van der Waals surface area contributed by atoms with E-state index in [2.05, 4.69) is 15.0 Å². The van der Waals surface area contributed by atoms with Crippen molar-refractivity contribution in [2.45, 2.75) is 4.90 Å². The number of anilines is 2. The van der Waals surface area contributed by atoms with Crippen molar-refractivity contribution in [1.82, 2.24) is 4.98 Å². The van der Waals surface area contributed by atoms with Crippen molar-refractivity contribution in [2.24, 2.45) is 0 Å². The second-order valence-electron chi connectivity index (χ2n) is 3.86. The Bertz CT molecular complexity index is 718. The van der Waals surface area contributed by atoms with Crippen molar-refractivity contribution < 1.29 is 8.42 Å². The fourth-order valence-electron chi connectivity index (χ4n) is 1.47. The Morgan fingerprint density at radius 3 is 2.50 bits per heavy atom. The summed E-state index contributed by atoms with van der Waals surface area (Å²) in [5, 5.41) is 3.45. The van der Waals surface area contributed by atoms with E-state index in [1.807, 2.05) is 0 Å². The highest BCUT2D eigenvalue weighted by Gasteiger charge is 2.16. The van der Waals surface area contributed by atoms with Crippen LogP contribution in [0.15, 0.2) is 41.4 Å². The number of rotatable bonds is 4. The van der Waals surface area contributed by atoms with Gasteiger partial charge in [0.05, 0.1) is 10.7 Å². The average Bonchev–Trinajstić information content (AvgIpc) is 2.43. The summed E-state index contributed by atoms with van der Waals surface area (Å²) in [4.78, 5) is 3.99. The highest BCUT2D eigenvalue weighted by atomic mass is 35.5. The molecule has 2 rings (SSSR count). The van der Waals surface area contributed by atoms with Crippen LogP contribution >= 0.6 is 23.2 Å². The molecule has 106 valence electrons. The van der Waals surface area contributed by atoms with Gasteiger partial charge in [0, 0.05) is 18.3 Å². The summed E-state index contributed by atoms with van der Waals surface area (Å²) in [6.07, 6.45) is 1.26. The molecule has 0 aliphatic carbocycles. The lowest BCUT2D eigenvalue weighted by Gasteiger charge is -2.10. The Morgan fingerprint density at radius 2 is 1.90 bits per heavy atom. The first-order valence-electron chi connectivity index (χ1n) is 5.54. The van der Waals surface area contributed by atoms with Gasteiger partial charge in [-0.25, -0.2) is 13.4 Å². The molecule has 1 aromatic heterocycles. The minimum atomic E-state index is -3.76. The number of benzene rings is 1. The maximum absolute atomic E-state index is 12.2. The van der Waals surface area contributed by atoms with E-state index in [0.717, 1.165) is 0 Å². The lowest BCUT2D eigenvalue weighted by atomic mass is 10.3. The Kier molecular flexibility index (Phi) is 4.37. The van der Waals surface area contributed by atoms with Crippen LogP contribution in [0.5, 0.6) is 0 Å². The quantitative estimate of drug-likeness (QED) is 0.902. The highest BCUT2D eigenvalue weighted by molar-refractivity contribution is 7.92. The highest BCUT2D eigenvalue weighted by Crippen LogP contribution is 2.27. The summed E-state index contributed by atoms with van der Waals surface area (Å²) < 4.78 is 26.8. The maximum atomic E-state index is 12.2. The Balaban J connectivity index is 2.32. The minimum Gasteiger partial charge on any atom is -0.373 e. The van der Waals surface area contributed by atoms with Crippen LogP contribution in [0.2, 0.25) is 10.0 Å². The number of hydrogen-bond donors (Lipinski definition) is 2. The third-order valence-electron chi connectivity index (χ3n) is 2.48. The van der Waals surface area contributed by atoms with Crippen molar-refractivity contribution in [3.63, 3.8) is 0 Å². The standard InChI is InChI=1S/C12H11Cl2N3O2S/c1-15-12-5-3-9(7-16-12)20(18,19)17-11-6-8(13)2-4-10(11)14/h2-7,17H,1H3,(H,15,16). The SMILES string of the molecule is CNc1ccc(S(=O)(=O)Nc2cc(Cl)ccc2Cl)cn1. The van der Waals surface area contributed by atoms with E-state index in [9.17, 15) is 8.42 Å². The van der Waals surface area contributed by atoms with Crippen LogP contribution in [-0.2, 0) is 10.0 Å². The molecule has 0 radical (unpaired) electrons. The smallest absolute Gasteiger partial charge is 0.263 e. The van der Waals surface area contributed by atoms with Gasteiger partial charge in [-0.2, -0.15) is 0 Å². The van der Waals surface area contributed by atoms with E-state index in [1.165, 1.54) is 24.4 Å². The maximum Gasteiger partial charge on any atom is 0.263 e. The molecule has 0 fully saturated rings. The first-order chi connectivity index (χ1) is 9.42. The summed E-state index contributed by atoms with van der Waals surface area (Å²) in [5.41, 5.74) is 0.219. The zero-order chi connectivity index (χ0) is 14.8. The zero-order valence-electron chi connectivity index (χ0n) is 10.4. The monoisotopic (exact) mass is 331 g/mol. The lowest BCUT2D eigenvalue weighted by molar-refractivity contribution is 0.601. The molecule has 0 spiro atoms. The first kappa shape index (κ1) is 14.9. The number of nitrogens with one attached hydrogen (secondary N) is 2. The van der Waals surface area contributed by atoms with Crippen LogP contribution in [0.25, 0.3) is 0 Å². The molecule has 1 aromatic carbocycles. The molecule has 8 heteroatoms. The first-order valence-corrected chi connectivity index (χ1v) is 7.78. The molecule has 0 amide bonds. The number of nitrogens with zero attached hydrogens (tertiary/aromatic N) is 1. The van der Waals surface area contributed by atoms with Crippen molar-refractivity contribution in [2.75, 3.05) is 17.1 Å². The van der Waals surface area contributed by atoms with Crippen LogP contribution in [0, 0.1) is 0 Å². The van der Waals surface area contributed by atoms with Gasteiger partial charge in [-0.05, 0) is 30.3 Å². The van der Waals surface area contributed by atoms with Crippen LogP contribution in [0.1, 0.15) is 0 Å². The van der Waals surface area contributed by atoms with Crippen LogP contribution in [0.3, 0.4) is 0 Å². The predicted octanol–water partition coefficient (Wildman–Crippen LogP) is 3.23. The summed E-state index contributed by atoms with van der Waals surface area (Å²) >= 11 is 11.7. The van der Waals surface area contributed by atoms with Crippen molar-refractivity contribution in [3.05, 3.63) is 46.6 Å². The zero-order valence-corrected chi connectivity index (χ0v) is 12.7. The molecule has 0 aliphatic heterocycles. The fourth-order valence-corrected chi connectivity index (χ4v) is 2.87. The predicted molar refractivity (Wildman–Crippen MR) is 81.1 cm³/mol. The van der Waals surface area contributed by atoms with E-state index >= 15 is 0 Å². The Hall–Kier alpha value is -1.50. The average molecular weight is 332 g/mol. The van der Waals surface area contributed by atoms with Crippen molar-refractivity contribution >= 4 is 44.7 Å². The topological polar surface area (TPSA) is 71.1 Å². The fraction of sp³-hybridized carbons (Fsp3) is 0.0833. The second kappa shape index (κ2) is 5.87. The van der Waals surface area contributed by atoms with Gasteiger partial charge >= 0.3 is 0 Å².